The van der Waals surface area contributed by atoms with Crippen molar-refractivity contribution in [2.24, 2.45) is 0 Å². The van der Waals surface area contributed by atoms with Gasteiger partial charge >= 0.3 is 0 Å². The summed E-state index contributed by atoms with van der Waals surface area (Å²) in [5.74, 6) is 0.161. The van der Waals surface area contributed by atoms with E-state index in [4.69, 9.17) is 0 Å². The summed E-state index contributed by atoms with van der Waals surface area (Å²) in [6.07, 6.45) is 1.39. The van der Waals surface area contributed by atoms with Gasteiger partial charge in [-0.05, 0) is 24.5 Å². The second-order valence-corrected chi connectivity index (χ2v) is 3.40. The van der Waals surface area contributed by atoms with Gasteiger partial charge < -0.3 is 10.2 Å². The molecule has 0 spiro atoms. The molecule has 1 aromatic carbocycles. The summed E-state index contributed by atoms with van der Waals surface area (Å²) in [5.41, 5.74) is 0.796. The fourth-order valence-corrected chi connectivity index (χ4v) is 1.32. The first-order valence-corrected chi connectivity index (χ1v) is 4.61. The van der Waals surface area contributed by atoms with E-state index >= 15 is 0 Å². The van der Waals surface area contributed by atoms with Gasteiger partial charge in [0.1, 0.15) is 11.5 Å². The highest BCUT2D eigenvalue weighted by Crippen LogP contribution is 2.32. The van der Waals surface area contributed by atoms with Gasteiger partial charge in [0.05, 0.1) is 5.56 Å². The Balaban J connectivity index is 3.21. The molecule has 0 aliphatic heterocycles. The molecule has 0 aliphatic rings. The standard InChI is InChI=1S/C11H14O3/c1-3-7(2)9-5-10(13)8(6-12)4-11(9)14/h4-7,13-14H,3H2,1-2H3. The quantitative estimate of drug-likeness (QED) is 0.574. The van der Waals surface area contributed by atoms with Gasteiger partial charge in [-0.25, -0.2) is 0 Å². The molecule has 1 aromatic rings. The number of carbonyl (C=O) groups excluding carboxylic acids is 1. The number of benzene rings is 1. The summed E-state index contributed by atoms with van der Waals surface area (Å²) in [6, 6.07) is 2.75. The van der Waals surface area contributed by atoms with Crippen LogP contribution < -0.4 is 0 Å². The van der Waals surface area contributed by atoms with Gasteiger partial charge in [-0.3, -0.25) is 4.79 Å². The van der Waals surface area contributed by atoms with Crippen LogP contribution >= 0.6 is 0 Å². The van der Waals surface area contributed by atoms with Crippen LogP contribution in [0.5, 0.6) is 11.5 Å². The van der Waals surface area contributed by atoms with E-state index in [1.807, 2.05) is 13.8 Å². The Bertz CT molecular complexity index is 345. The van der Waals surface area contributed by atoms with Crippen LogP contribution in [0.1, 0.15) is 42.1 Å². The maximum absolute atomic E-state index is 10.5. The van der Waals surface area contributed by atoms with Gasteiger partial charge in [-0.1, -0.05) is 13.8 Å². The molecule has 0 heterocycles. The van der Waals surface area contributed by atoms with Gasteiger partial charge in [0.25, 0.3) is 0 Å². The Hall–Kier alpha value is -1.51. The summed E-state index contributed by atoms with van der Waals surface area (Å²) in [6.45, 7) is 3.95. The number of hydrogen-bond donors (Lipinski definition) is 2. The van der Waals surface area contributed by atoms with Crippen molar-refractivity contribution in [2.75, 3.05) is 0 Å². The molecule has 0 fully saturated rings. The third kappa shape index (κ3) is 1.87. The first-order chi connectivity index (χ1) is 6.60. The van der Waals surface area contributed by atoms with E-state index in [-0.39, 0.29) is 23.0 Å². The Kier molecular flexibility index (Phi) is 3.12. The lowest BCUT2D eigenvalue weighted by molar-refractivity contribution is 0.112. The van der Waals surface area contributed by atoms with Crippen molar-refractivity contribution in [3.8, 4) is 11.5 Å². The number of aromatic hydroxyl groups is 2. The van der Waals surface area contributed by atoms with Crippen LogP contribution in [-0.2, 0) is 0 Å². The molecule has 0 amide bonds. The maximum Gasteiger partial charge on any atom is 0.153 e. The largest absolute Gasteiger partial charge is 0.508 e. The molecule has 0 saturated heterocycles. The fourth-order valence-electron chi connectivity index (χ4n) is 1.32. The van der Waals surface area contributed by atoms with Crippen molar-refractivity contribution < 1.29 is 15.0 Å². The van der Waals surface area contributed by atoms with Crippen LogP contribution in [0.15, 0.2) is 12.1 Å². The van der Waals surface area contributed by atoms with Crippen molar-refractivity contribution in [3.05, 3.63) is 23.3 Å². The zero-order valence-electron chi connectivity index (χ0n) is 8.32. The average Bonchev–Trinajstić information content (AvgIpc) is 2.19. The Morgan fingerprint density at radius 1 is 1.36 bits per heavy atom. The van der Waals surface area contributed by atoms with E-state index in [0.29, 0.717) is 11.8 Å². The minimum Gasteiger partial charge on any atom is -0.508 e. The monoisotopic (exact) mass is 194 g/mol. The first kappa shape index (κ1) is 10.6. The van der Waals surface area contributed by atoms with Crippen LogP contribution in [0.25, 0.3) is 0 Å². The number of phenolic OH excluding ortho intramolecular Hbond substituents is 2. The fraction of sp³-hybridized carbons (Fsp3) is 0.364. The predicted molar refractivity (Wildman–Crippen MR) is 53.9 cm³/mol. The van der Waals surface area contributed by atoms with Gasteiger partial charge in [0, 0.05) is 5.56 Å². The molecule has 0 radical (unpaired) electrons. The number of hydrogen-bond acceptors (Lipinski definition) is 3. The van der Waals surface area contributed by atoms with Crippen molar-refractivity contribution in [3.63, 3.8) is 0 Å². The number of rotatable bonds is 3. The van der Waals surface area contributed by atoms with Crippen LogP contribution in [0, 0.1) is 0 Å². The lowest BCUT2D eigenvalue weighted by Gasteiger charge is -2.12. The Morgan fingerprint density at radius 2 is 2.00 bits per heavy atom. The normalized spacial score (nSPS) is 12.4. The van der Waals surface area contributed by atoms with E-state index in [9.17, 15) is 15.0 Å². The molecule has 1 unspecified atom stereocenters. The minimum atomic E-state index is -0.0758. The molecule has 2 N–H and O–H groups in total. The van der Waals surface area contributed by atoms with E-state index in [2.05, 4.69) is 0 Å². The smallest absolute Gasteiger partial charge is 0.153 e. The van der Waals surface area contributed by atoms with E-state index < -0.39 is 0 Å². The maximum atomic E-state index is 10.5. The van der Waals surface area contributed by atoms with E-state index in [1.54, 1.807) is 0 Å². The SMILES string of the molecule is CCC(C)c1cc(O)c(C=O)cc1O. The molecule has 1 atom stereocenters. The molecule has 0 saturated carbocycles. The molecule has 3 nitrogen and oxygen atoms in total. The predicted octanol–water partition coefficient (Wildman–Crippen LogP) is 2.42. The Labute approximate surface area is 83.0 Å². The molecule has 76 valence electrons. The summed E-state index contributed by atoms with van der Waals surface area (Å²) in [5, 5.41) is 19.0. The van der Waals surface area contributed by atoms with Crippen LogP contribution in [0.3, 0.4) is 0 Å². The van der Waals surface area contributed by atoms with Crippen molar-refractivity contribution >= 4 is 6.29 Å². The van der Waals surface area contributed by atoms with Gasteiger partial charge in [0.2, 0.25) is 0 Å². The highest BCUT2D eigenvalue weighted by Gasteiger charge is 2.12. The van der Waals surface area contributed by atoms with Crippen molar-refractivity contribution in [1.29, 1.82) is 0 Å². The lowest BCUT2D eigenvalue weighted by Crippen LogP contribution is -1.93. The second-order valence-electron chi connectivity index (χ2n) is 3.40. The second kappa shape index (κ2) is 4.13. The van der Waals surface area contributed by atoms with Crippen molar-refractivity contribution in [1.82, 2.24) is 0 Å². The third-order valence-corrected chi connectivity index (χ3v) is 2.45. The summed E-state index contributed by atoms with van der Waals surface area (Å²) >= 11 is 0. The summed E-state index contributed by atoms with van der Waals surface area (Å²) in [4.78, 5) is 10.5. The van der Waals surface area contributed by atoms with Crippen LogP contribution in [0.4, 0.5) is 0 Å². The third-order valence-electron chi connectivity index (χ3n) is 2.45. The molecule has 0 aliphatic carbocycles. The van der Waals surface area contributed by atoms with Crippen molar-refractivity contribution in [2.45, 2.75) is 26.2 Å². The van der Waals surface area contributed by atoms with Gasteiger partial charge in [0.15, 0.2) is 6.29 Å². The van der Waals surface area contributed by atoms with Gasteiger partial charge in [-0.2, -0.15) is 0 Å². The average molecular weight is 194 g/mol. The van der Waals surface area contributed by atoms with Gasteiger partial charge in [-0.15, -0.1) is 0 Å². The molecule has 1 rings (SSSR count). The zero-order valence-corrected chi connectivity index (χ0v) is 8.32. The number of carbonyl (C=O) groups is 1. The molecule has 0 bridgehead atoms. The van der Waals surface area contributed by atoms with E-state index in [0.717, 1.165) is 6.42 Å². The molecular formula is C11H14O3. The topological polar surface area (TPSA) is 57.5 Å². The zero-order chi connectivity index (χ0) is 10.7. The molecule has 3 heteroatoms. The molecule has 14 heavy (non-hydrogen) atoms. The summed E-state index contributed by atoms with van der Waals surface area (Å²) < 4.78 is 0. The summed E-state index contributed by atoms with van der Waals surface area (Å²) in [7, 11) is 0. The number of phenols is 2. The molecule has 0 aromatic heterocycles. The lowest BCUT2D eigenvalue weighted by atomic mass is 9.96. The van der Waals surface area contributed by atoms with Crippen LogP contribution in [0.2, 0.25) is 0 Å². The Morgan fingerprint density at radius 3 is 2.50 bits per heavy atom. The highest BCUT2D eigenvalue weighted by molar-refractivity contribution is 5.80. The highest BCUT2D eigenvalue weighted by atomic mass is 16.3. The number of aldehydes is 1. The minimum absolute atomic E-state index is 0.0688. The van der Waals surface area contributed by atoms with Crippen LogP contribution in [-0.4, -0.2) is 16.5 Å². The van der Waals surface area contributed by atoms with E-state index in [1.165, 1.54) is 12.1 Å². The molecular weight excluding hydrogens is 180 g/mol. The first-order valence-electron chi connectivity index (χ1n) is 4.61.